The van der Waals surface area contributed by atoms with Crippen molar-refractivity contribution in [3.8, 4) is 17.1 Å². The molecule has 0 aliphatic heterocycles. The smallest absolute Gasteiger partial charge is 0.138 e. The van der Waals surface area contributed by atoms with Gasteiger partial charge in [-0.15, -0.1) is 6.58 Å². The molecule has 0 saturated carbocycles. The Morgan fingerprint density at radius 1 is 1.15 bits per heavy atom. The fourth-order valence-corrected chi connectivity index (χ4v) is 2.37. The van der Waals surface area contributed by atoms with Gasteiger partial charge in [-0.25, -0.2) is 0 Å². The van der Waals surface area contributed by atoms with E-state index in [2.05, 4.69) is 12.6 Å². The van der Waals surface area contributed by atoms with Gasteiger partial charge in [0.05, 0.1) is 7.11 Å². The van der Waals surface area contributed by atoms with Crippen LogP contribution in [0.15, 0.2) is 65.6 Å². The van der Waals surface area contributed by atoms with Crippen molar-refractivity contribution >= 4 is 11.0 Å². The molecule has 1 heterocycles. The number of fused-ring (bicyclic) bond motifs is 1. The molecule has 0 fully saturated rings. The molecular formula is C18H16O2. The van der Waals surface area contributed by atoms with Gasteiger partial charge in [0.25, 0.3) is 0 Å². The van der Waals surface area contributed by atoms with E-state index in [1.54, 1.807) is 7.11 Å². The summed E-state index contributed by atoms with van der Waals surface area (Å²) in [5.74, 6) is 1.72. The van der Waals surface area contributed by atoms with Crippen LogP contribution < -0.4 is 4.74 Å². The lowest BCUT2D eigenvalue weighted by Gasteiger charge is -2.03. The molecule has 0 spiro atoms. The summed E-state index contributed by atoms with van der Waals surface area (Å²) in [6.07, 6.45) is 2.63. The molecule has 3 rings (SSSR count). The second-order valence-corrected chi connectivity index (χ2v) is 4.67. The van der Waals surface area contributed by atoms with Gasteiger partial charge in [-0.2, -0.15) is 0 Å². The average Bonchev–Trinajstić information content (AvgIpc) is 2.92. The molecule has 0 saturated heterocycles. The summed E-state index contributed by atoms with van der Waals surface area (Å²) in [4.78, 5) is 0. The number of ether oxygens (including phenoxy) is 1. The van der Waals surface area contributed by atoms with Crippen LogP contribution in [0, 0.1) is 0 Å². The summed E-state index contributed by atoms with van der Waals surface area (Å²) in [6.45, 7) is 3.80. The zero-order valence-corrected chi connectivity index (χ0v) is 11.4. The van der Waals surface area contributed by atoms with E-state index in [9.17, 15) is 0 Å². The molecule has 20 heavy (non-hydrogen) atoms. The Labute approximate surface area is 118 Å². The van der Waals surface area contributed by atoms with Gasteiger partial charge in [-0.05, 0) is 24.6 Å². The first-order chi connectivity index (χ1) is 9.81. The monoisotopic (exact) mass is 264 g/mol. The minimum atomic E-state index is 0.759. The van der Waals surface area contributed by atoms with Crippen molar-refractivity contribution in [2.75, 3.05) is 7.11 Å². The van der Waals surface area contributed by atoms with Crippen LogP contribution in [0.25, 0.3) is 22.3 Å². The Morgan fingerprint density at radius 2 is 1.95 bits per heavy atom. The summed E-state index contributed by atoms with van der Waals surface area (Å²) in [5, 5.41) is 1.06. The lowest BCUT2D eigenvalue weighted by atomic mass is 10.1. The Kier molecular flexibility index (Phi) is 3.30. The van der Waals surface area contributed by atoms with Crippen molar-refractivity contribution in [3.63, 3.8) is 0 Å². The second kappa shape index (κ2) is 5.25. The van der Waals surface area contributed by atoms with E-state index in [-0.39, 0.29) is 0 Å². The van der Waals surface area contributed by atoms with E-state index in [0.29, 0.717) is 0 Å². The number of allylic oxidation sites excluding steroid dienone is 1. The van der Waals surface area contributed by atoms with E-state index in [0.717, 1.165) is 40.0 Å². The first-order valence-corrected chi connectivity index (χ1v) is 6.58. The molecule has 3 aromatic rings. The third kappa shape index (κ3) is 2.21. The van der Waals surface area contributed by atoms with Crippen LogP contribution in [0.2, 0.25) is 0 Å². The minimum absolute atomic E-state index is 0.759. The van der Waals surface area contributed by atoms with Gasteiger partial charge < -0.3 is 9.15 Å². The summed E-state index contributed by atoms with van der Waals surface area (Å²) < 4.78 is 11.4. The molecule has 0 N–H and O–H groups in total. The van der Waals surface area contributed by atoms with Crippen molar-refractivity contribution in [2.24, 2.45) is 0 Å². The van der Waals surface area contributed by atoms with Crippen LogP contribution in [0.1, 0.15) is 5.56 Å². The van der Waals surface area contributed by atoms with Gasteiger partial charge in [0.15, 0.2) is 0 Å². The van der Waals surface area contributed by atoms with Crippen molar-refractivity contribution in [3.05, 3.63) is 66.7 Å². The second-order valence-electron chi connectivity index (χ2n) is 4.67. The van der Waals surface area contributed by atoms with Gasteiger partial charge in [0.1, 0.15) is 17.1 Å². The molecular weight excluding hydrogens is 248 g/mol. The molecule has 2 heteroatoms. The predicted octanol–water partition coefficient (Wildman–Crippen LogP) is 4.84. The first-order valence-electron chi connectivity index (χ1n) is 6.58. The Morgan fingerprint density at radius 3 is 2.65 bits per heavy atom. The van der Waals surface area contributed by atoms with E-state index in [4.69, 9.17) is 9.15 Å². The van der Waals surface area contributed by atoms with Crippen LogP contribution in [-0.2, 0) is 6.42 Å². The lowest BCUT2D eigenvalue weighted by Crippen LogP contribution is -1.87. The van der Waals surface area contributed by atoms with Gasteiger partial charge >= 0.3 is 0 Å². The van der Waals surface area contributed by atoms with Crippen LogP contribution >= 0.6 is 0 Å². The van der Waals surface area contributed by atoms with Crippen LogP contribution in [0.4, 0.5) is 0 Å². The van der Waals surface area contributed by atoms with Gasteiger partial charge in [-0.3, -0.25) is 0 Å². The molecule has 2 nitrogen and oxygen atoms in total. The first kappa shape index (κ1) is 12.5. The molecule has 100 valence electrons. The number of hydrogen-bond acceptors (Lipinski definition) is 2. The van der Waals surface area contributed by atoms with Crippen LogP contribution in [-0.4, -0.2) is 7.11 Å². The van der Waals surface area contributed by atoms with Crippen molar-refractivity contribution in [1.29, 1.82) is 0 Å². The van der Waals surface area contributed by atoms with E-state index >= 15 is 0 Å². The quantitative estimate of drug-likeness (QED) is 0.629. The number of hydrogen-bond donors (Lipinski definition) is 0. The largest absolute Gasteiger partial charge is 0.497 e. The molecule has 0 unspecified atom stereocenters. The summed E-state index contributed by atoms with van der Waals surface area (Å²) in [7, 11) is 1.68. The fraction of sp³-hybridized carbons (Fsp3) is 0.111. The lowest BCUT2D eigenvalue weighted by molar-refractivity contribution is 0.415. The van der Waals surface area contributed by atoms with Crippen molar-refractivity contribution < 1.29 is 9.15 Å². The number of rotatable bonds is 4. The van der Waals surface area contributed by atoms with Crippen LogP contribution in [0.3, 0.4) is 0 Å². The molecule has 0 radical (unpaired) electrons. The highest BCUT2D eigenvalue weighted by atomic mass is 16.5. The Bertz CT molecular complexity index is 739. The topological polar surface area (TPSA) is 22.4 Å². The Hall–Kier alpha value is -2.48. The summed E-state index contributed by atoms with van der Waals surface area (Å²) in [6, 6.07) is 16.2. The highest BCUT2D eigenvalue weighted by molar-refractivity contribution is 5.87. The number of benzene rings is 2. The maximum Gasteiger partial charge on any atom is 0.138 e. The van der Waals surface area contributed by atoms with Gasteiger partial charge in [-0.1, -0.05) is 36.4 Å². The third-order valence-corrected chi connectivity index (χ3v) is 3.32. The molecule has 2 aromatic carbocycles. The van der Waals surface area contributed by atoms with E-state index in [1.165, 1.54) is 0 Å². The maximum atomic E-state index is 6.03. The molecule has 0 atom stereocenters. The standard InChI is InChI=1S/C18H16O2/c1-3-7-14-10-16(19-2)11-15-12-17(20-18(14)15)13-8-5-4-6-9-13/h3-6,8-12H,1,7H2,2H3. The number of furan rings is 1. The van der Waals surface area contributed by atoms with E-state index in [1.807, 2.05) is 48.5 Å². The summed E-state index contributed by atoms with van der Waals surface area (Å²) in [5.41, 5.74) is 3.08. The van der Waals surface area contributed by atoms with Crippen molar-refractivity contribution in [1.82, 2.24) is 0 Å². The Balaban J connectivity index is 2.19. The average molecular weight is 264 g/mol. The zero-order valence-electron chi connectivity index (χ0n) is 11.4. The predicted molar refractivity (Wildman–Crippen MR) is 82.1 cm³/mol. The van der Waals surface area contributed by atoms with E-state index < -0.39 is 0 Å². The minimum Gasteiger partial charge on any atom is -0.497 e. The van der Waals surface area contributed by atoms with Gasteiger partial charge in [0.2, 0.25) is 0 Å². The normalized spacial score (nSPS) is 10.7. The maximum absolute atomic E-state index is 6.03. The highest BCUT2D eigenvalue weighted by Gasteiger charge is 2.11. The SMILES string of the molecule is C=CCc1cc(OC)cc2cc(-c3ccccc3)oc12. The highest BCUT2D eigenvalue weighted by Crippen LogP contribution is 2.33. The van der Waals surface area contributed by atoms with Crippen LogP contribution in [0.5, 0.6) is 5.75 Å². The third-order valence-electron chi connectivity index (χ3n) is 3.32. The molecule has 0 aliphatic rings. The summed E-state index contributed by atoms with van der Waals surface area (Å²) >= 11 is 0. The molecule has 0 bridgehead atoms. The zero-order chi connectivity index (χ0) is 13.9. The molecule has 1 aromatic heterocycles. The number of methoxy groups -OCH3 is 1. The molecule has 0 amide bonds. The fourth-order valence-electron chi connectivity index (χ4n) is 2.37. The van der Waals surface area contributed by atoms with Gasteiger partial charge in [0, 0.05) is 16.5 Å². The molecule has 0 aliphatic carbocycles. The van der Waals surface area contributed by atoms with Crippen molar-refractivity contribution in [2.45, 2.75) is 6.42 Å².